The van der Waals surface area contributed by atoms with E-state index in [4.69, 9.17) is 9.47 Å². The smallest absolute Gasteiger partial charge is 0.254 e. The molecule has 0 bridgehead atoms. The molecule has 1 amide bonds. The first-order valence-electron chi connectivity index (χ1n) is 8.11. The number of ether oxygens (including phenoxy) is 2. The molecule has 0 saturated heterocycles. The normalized spacial score (nSPS) is 11.7. The van der Waals surface area contributed by atoms with Crippen LogP contribution in [0.3, 0.4) is 0 Å². The Labute approximate surface area is 145 Å². The molecule has 0 aliphatic carbocycles. The highest BCUT2D eigenvalue weighted by atomic mass is 19.1. The van der Waals surface area contributed by atoms with Crippen molar-refractivity contribution < 1.29 is 23.0 Å². The van der Waals surface area contributed by atoms with Gasteiger partial charge in [0.1, 0.15) is 11.6 Å². The number of carbonyl (C=O) groups is 1. The summed E-state index contributed by atoms with van der Waals surface area (Å²) in [6.45, 7) is 6.46. The minimum atomic E-state index is -0.771. The number of carbonyl (C=O) groups excluding carboxylic acids is 1. The summed E-state index contributed by atoms with van der Waals surface area (Å²) in [6, 6.07) is 7.66. The molecule has 1 unspecified atom stereocenters. The third kappa shape index (κ3) is 4.68. The molecular weight excluding hydrogens is 328 g/mol. The summed E-state index contributed by atoms with van der Waals surface area (Å²) in [6.07, 6.45) is 0. The van der Waals surface area contributed by atoms with Crippen molar-refractivity contribution in [2.75, 3.05) is 13.2 Å². The number of amides is 1. The molecule has 0 heterocycles. The van der Waals surface area contributed by atoms with E-state index in [2.05, 4.69) is 5.32 Å². The van der Waals surface area contributed by atoms with Gasteiger partial charge < -0.3 is 14.8 Å². The van der Waals surface area contributed by atoms with E-state index < -0.39 is 23.6 Å². The van der Waals surface area contributed by atoms with E-state index in [9.17, 15) is 13.6 Å². The second-order valence-corrected chi connectivity index (χ2v) is 5.39. The Morgan fingerprint density at radius 1 is 1.04 bits per heavy atom. The fraction of sp³-hybridized carbons (Fsp3) is 0.316. The van der Waals surface area contributed by atoms with Crippen LogP contribution in [-0.4, -0.2) is 19.1 Å². The zero-order valence-corrected chi connectivity index (χ0v) is 14.4. The van der Waals surface area contributed by atoms with Crippen molar-refractivity contribution in [2.24, 2.45) is 0 Å². The number of hydrogen-bond acceptors (Lipinski definition) is 3. The zero-order valence-electron chi connectivity index (χ0n) is 14.4. The highest BCUT2D eigenvalue weighted by Crippen LogP contribution is 2.30. The first-order chi connectivity index (χ1) is 12.0. The SMILES string of the molecule is CCOc1ccc(C(C)NC(=O)c2cc(F)ccc2F)cc1OCC. The van der Waals surface area contributed by atoms with Crippen molar-refractivity contribution in [3.63, 3.8) is 0 Å². The lowest BCUT2D eigenvalue weighted by Crippen LogP contribution is -2.27. The van der Waals surface area contributed by atoms with Crippen LogP contribution in [0.5, 0.6) is 11.5 Å². The lowest BCUT2D eigenvalue weighted by atomic mass is 10.1. The molecule has 1 N–H and O–H groups in total. The molecule has 4 nitrogen and oxygen atoms in total. The van der Waals surface area contributed by atoms with Crippen LogP contribution >= 0.6 is 0 Å². The fourth-order valence-electron chi connectivity index (χ4n) is 2.37. The first-order valence-corrected chi connectivity index (χ1v) is 8.11. The minimum Gasteiger partial charge on any atom is -0.490 e. The van der Waals surface area contributed by atoms with Crippen LogP contribution in [0, 0.1) is 11.6 Å². The largest absolute Gasteiger partial charge is 0.490 e. The molecule has 0 aromatic heterocycles. The van der Waals surface area contributed by atoms with Crippen LogP contribution in [0.2, 0.25) is 0 Å². The zero-order chi connectivity index (χ0) is 18.4. The summed E-state index contributed by atoms with van der Waals surface area (Å²) in [7, 11) is 0. The van der Waals surface area contributed by atoms with E-state index in [-0.39, 0.29) is 5.56 Å². The third-order valence-electron chi connectivity index (χ3n) is 3.59. The van der Waals surface area contributed by atoms with E-state index in [1.807, 2.05) is 13.8 Å². The Morgan fingerprint density at radius 2 is 1.72 bits per heavy atom. The number of benzene rings is 2. The van der Waals surface area contributed by atoms with Crippen LogP contribution in [0.15, 0.2) is 36.4 Å². The Kier molecular flexibility index (Phi) is 6.33. The number of hydrogen-bond donors (Lipinski definition) is 1. The number of nitrogens with one attached hydrogen (secondary N) is 1. The molecule has 0 radical (unpaired) electrons. The summed E-state index contributed by atoms with van der Waals surface area (Å²) in [4.78, 5) is 12.2. The van der Waals surface area contributed by atoms with Gasteiger partial charge in [0, 0.05) is 0 Å². The van der Waals surface area contributed by atoms with Crippen LogP contribution in [0.1, 0.15) is 42.7 Å². The highest BCUT2D eigenvalue weighted by molar-refractivity contribution is 5.94. The highest BCUT2D eigenvalue weighted by Gasteiger charge is 2.17. The van der Waals surface area contributed by atoms with Crippen LogP contribution in [0.25, 0.3) is 0 Å². The van der Waals surface area contributed by atoms with Gasteiger partial charge in [0.2, 0.25) is 0 Å². The quantitative estimate of drug-likeness (QED) is 0.813. The van der Waals surface area contributed by atoms with Crippen LogP contribution < -0.4 is 14.8 Å². The van der Waals surface area contributed by atoms with Gasteiger partial charge in [-0.2, -0.15) is 0 Å². The minimum absolute atomic E-state index is 0.331. The molecule has 0 saturated carbocycles. The first kappa shape index (κ1) is 18.7. The van der Waals surface area contributed by atoms with Gasteiger partial charge in [-0.3, -0.25) is 4.79 Å². The topological polar surface area (TPSA) is 47.6 Å². The molecule has 2 rings (SSSR count). The van der Waals surface area contributed by atoms with Crippen molar-refractivity contribution in [1.82, 2.24) is 5.32 Å². The van der Waals surface area contributed by atoms with Gasteiger partial charge in [0.25, 0.3) is 5.91 Å². The Morgan fingerprint density at radius 3 is 2.40 bits per heavy atom. The molecule has 1 atom stereocenters. The molecule has 0 spiro atoms. The summed E-state index contributed by atoms with van der Waals surface area (Å²) in [5, 5.41) is 2.66. The van der Waals surface area contributed by atoms with Gasteiger partial charge in [-0.1, -0.05) is 6.07 Å². The summed E-state index contributed by atoms with van der Waals surface area (Å²) >= 11 is 0. The molecule has 134 valence electrons. The predicted molar refractivity (Wildman–Crippen MR) is 91.0 cm³/mol. The standard InChI is InChI=1S/C19H21F2NO3/c1-4-24-17-9-6-13(10-18(17)25-5-2)12(3)22-19(23)15-11-14(20)7-8-16(15)21/h6-12H,4-5H2,1-3H3,(H,22,23). The average molecular weight is 349 g/mol. The van der Waals surface area contributed by atoms with Gasteiger partial charge in [-0.25, -0.2) is 8.78 Å². The van der Waals surface area contributed by atoms with Crippen LogP contribution in [0.4, 0.5) is 8.78 Å². The lowest BCUT2D eigenvalue weighted by molar-refractivity contribution is 0.0935. The molecule has 0 fully saturated rings. The average Bonchev–Trinajstić information content (AvgIpc) is 2.58. The summed E-state index contributed by atoms with van der Waals surface area (Å²) in [5.41, 5.74) is 0.430. The number of halogens is 2. The molecule has 2 aromatic carbocycles. The Balaban J connectivity index is 2.19. The van der Waals surface area contributed by atoms with Gasteiger partial charge >= 0.3 is 0 Å². The molecule has 2 aromatic rings. The van der Waals surface area contributed by atoms with Crippen molar-refractivity contribution in [1.29, 1.82) is 0 Å². The molecule has 6 heteroatoms. The molecule has 25 heavy (non-hydrogen) atoms. The Hall–Kier alpha value is -2.63. The second kappa shape index (κ2) is 8.46. The molecular formula is C19H21F2NO3. The number of rotatable bonds is 7. The third-order valence-corrected chi connectivity index (χ3v) is 3.59. The fourth-order valence-corrected chi connectivity index (χ4v) is 2.37. The van der Waals surface area contributed by atoms with E-state index in [0.717, 1.165) is 23.8 Å². The summed E-state index contributed by atoms with van der Waals surface area (Å²) in [5.74, 6) is -0.939. The van der Waals surface area contributed by atoms with Crippen molar-refractivity contribution >= 4 is 5.91 Å². The van der Waals surface area contributed by atoms with Crippen molar-refractivity contribution in [3.8, 4) is 11.5 Å². The monoisotopic (exact) mass is 349 g/mol. The molecule has 0 aliphatic heterocycles. The van der Waals surface area contributed by atoms with Crippen molar-refractivity contribution in [3.05, 3.63) is 59.2 Å². The Bertz CT molecular complexity index is 749. The van der Waals surface area contributed by atoms with Crippen LogP contribution in [-0.2, 0) is 0 Å². The van der Waals surface area contributed by atoms with Crippen molar-refractivity contribution in [2.45, 2.75) is 26.8 Å². The maximum absolute atomic E-state index is 13.7. The van der Waals surface area contributed by atoms with E-state index in [1.54, 1.807) is 25.1 Å². The van der Waals surface area contributed by atoms with E-state index in [1.165, 1.54) is 0 Å². The summed E-state index contributed by atoms with van der Waals surface area (Å²) < 4.78 is 38.0. The predicted octanol–water partition coefficient (Wildman–Crippen LogP) is 4.25. The lowest BCUT2D eigenvalue weighted by Gasteiger charge is -2.17. The van der Waals surface area contributed by atoms with E-state index in [0.29, 0.717) is 24.7 Å². The van der Waals surface area contributed by atoms with Gasteiger partial charge in [-0.05, 0) is 56.7 Å². The second-order valence-electron chi connectivity index (χ2n) is 5.39. The van der Waals surface area contributed by atoms with Gasteiger partial charge in [-0.15, -0.1) is 0 Å². The maximum Gasteiger partial charge on any atom is 0.254 e. The van der Waals surface area contributed by atoms with E-state index >= 15 is 0 Å². The maximum atomic E-state index is 13.7. The van der Waals surface area contributed by atoms with Gasteiger partial charge in [0.15, 0.2) is 11.5 Å². The molecule has 0 aliphatic rings. The van der Waals surface area contributed by atoms with Gasteiger partial charge in [0.05, 0.1) is 24.8 Å².